The number of nitrogens with zero attached hydrogens (tertiary/aromatic N) is 1. The number of hydrogen-bond donors (Lipinski definition) is 0. The van der Waals surface area contributed by atoms with Crippen molar-refractivity contribution in [3.8, 4) is 0 Å². The van der Waals surface area contributed by atoms with Crippen LogP contribution in [0.4, 0.5) is 5.69 Å². The molecule has 3 heteroatoms. The fourth-order valence-electron chi connectivity index (χ4n) is 2.58. The Kier molecular flexibility index (Phi) is 2.23. The summed E-state index contributed by atoms with van der Waals surface area (Å²) in [6, 6.07) is 16.1. The Morgan fingerprint density at radius 3 is 2.84 bits per heavy atom. The zero-order chi connectivity index (χ0) is 12.8. The van der Waals surface area contributed by atoms with Gasteiger partial charge < -0.3 is 4.90 Å². The van der Waals surface area contributed by atoms with Gasteiger partial charge in [0.25, 0.3) is 5.91 Å². The SMILES string of the molecule is O=C1c2ccccc2CN1c1ccc2sccc2c1. The maximum atomic E-state index is 12.4. The van der Waals surface area contributed by atoms with Crippen molar-refractivity contribution in [2.45, 2.75) is 6.54 Å². The Morgan fingerprint density at radius 2 is 1.95 bits per heavy atom. The summed E-state index contributed by atoms with van der Waals surface area (Å²) in [4.78, 5) is 14.2. The van der Waals surface area contributed by atoms with Gasteiger partial charge in [0.1, 0.15) is 0 Å². The molecule has 0 aliphatic carbocycles. The Bertz CT molecular complexity index is 790. The molecule has 19 heavy (non-hydrogen) atoms. The molecular formula is C16H11NOS. The molecule has 2 heterocycles. The quantitative estimate of drug-likeness (QED) is 0.649. The Labute approximate surface area is 114 Å². The molecule has 92 valence electrons. The van der Waals surface area contributed by atoms with Crippen LogP contribution in [-0.4, -0.2) is 5.91 Å². The molecular weight excluding hydrogens is 254 g/mol. The van der Waals surface area contributed by atoms with Crippen LogP contribution in [0.1, 0.15) is 15.9 Å². The molecule has 0 unspecified atom stereocenters. The van der Waals surface area contributed by atoms with E-state index in [0.29, 0.717) is 6.54 Å². The van der Waals surface area contributed by atoms with E-state index in [9.17, 15) is 4.79 Å². The number of carbonyl (C=O) groups excluding carboxylic acids is 1. The molecule has 0 saturated heterocycles. The van der Waals surface area contributed by atoms with Crippen LogP contribution in [0.25, 0.3) is 10.1 Å². The zero-order valence-corrected chi connectivity index (χ0v) is 11.0. The number of amides is 1. The second kappa shape index (κ2) is 3.93. The van der Waals surface area contributed by atoms with Gasteiger partial charge in [-0.1, -0.05) is 18.2 Å². The lowest BCUT2D eigenvalue weighted by molar-refractivity contribution is 0.0996. The average molecular weight is 265 g/mol. The predicted octanol–water partition coefficient (Wildman–Crippen LogP) is 4.06. The third-order valence-corrected chi connectivity index (χ3v) is 4.47. The van der Waals surface area contributed by atoms with E-state index in [0.717, 1.165) is 16.8 Å². The Morgan fingerprint density at radius 1 is 1.05 bits per heavy atom. The number of hydrogen-bond acceptors (Lipinski definition) is 2. The van der Waals surface area contributed by atoms with E-state index < -0.39 is 0 Å². The lowest BCUT2D eigenvalue weighted by Crippen LogP contribution is -2.22. The normalized spacial score (nSPS) is 14.1. The third-order valence-electron chi connectivity index (χ3n) is 3.57. The summed E-state index contributed by atoms with van der Waals surface area (Å²) in [5.74, 6) is 0.102. The van der Waals surface area contributed by atoms with E-state index in [2.05, 4.69) is 23.6 Å². The van der Waals surface area contributed by atoms with Crippen LogP contribution in [-0.2, 0) is 6.54 Å². The van der Waals surface area contributed by atoms with Crippen LogP contribution in [0.2, 0.25) is 0 Å². The fourth-order valence-corrected chi connectivity index (χ4v) is 3.36. The van der Waals surface area contributed by atoms with Crippen LogP contribution < -0.4 is 4.90 Å². The van der Waals surface area contributed by atoms with E-state index in [4.69, 9.17) is 0 Å². The zero-order valence-electron chi connectivity index (χ0n) is 10.2. The molecule has 1 aliphatic heterocycles. The van der Waals surface area contributed by atoms with Crippen molar-refractivity contribution in [2.24, 2.45) is 0 Å². The summed E-state index contributed by atoms with van der Waals surface area (Å²) >= 11 is 1.72. The monoisotopic (exact) mass is 265 g/mol. The number of rotatable bonds is 1. The molecule has 1 aromatic heterocycles. The molecule has 0 spiro atoms. The van der Waals surface area contributed by atoms with E-state index in [1.807, 2.05) is 35.2 Å². The van der Waals surface area contributed by atoms with Crippen molar-refractivity contribution in [1.29, 1.82) is 0 Å². The predicted molar refractivity (Wildman–Crippen MR) is 78.8 cm³/mol. The highest BCUT2D eigenvalue weighted by atomic mass is 32.1. The highest BCUT2D eigenvalue weighted by molar-refractivity contribution is 7.17. The molecule has 2 aromatic carbocycles. The van der Waals surface area contributed by atoms with Gasteiger partial charge >= 0.3 is 0 Å². The summed E-state index contributed by atoms with van der Waals surface area (Å²) in [5.41, 5.74) is 2.91. The van der Waals surface area contributed by atoms with E-state index >= 15 is 0 Å². The average Bonchev–Trinajstić information content (AvgIpc) is 3.03. The summed E-state index contributed by atoms with van der Waals surface area (Å²) in [7, 11) is 0. The number of carbonyl (C=O) groups is 1. The highest BCUT2D eigenvalue weighted by Gasteiger charge is 2.27. The Hall–Kier alpha value is -2.13. The third kappa shape index (κ3) is 1.59. The standard InChI is InChI=1S/C16H11NOS/c18-16-14-4-2-1-3-12(14)10-17(16)13-5-6-15-11(9-13)7-8-19-15/h1-9H,10H2. The largest absolute Gasteiger partial charge is 0.304 e. The summed E-state index contributed by atoms with van der Waals surface area (Å²) < 4.78 is 1.26. The van der Waals surface area contributed by atoms with Gasteiger partial charge in [-0.15, -0.1) is 11.3 Å². The lowest BCUT2D eigenvalue weighted by Gasteiger charge is -2.15. The van der Waals surface area contributed by atoms with Gasteiger partial charge in [0, 0.05) is 16.0 Å². The van der Waals surface area contributed by atoms with Crippen LogP contribution >= 0.6 is 11.3 Å². The minimum Gasteiger partial charge on any atom is -0.304 e. The van der Waals surface area contributed by atoms with Crippen molar-refractivity contribution < 1.29 is 4.79 Å². The van der Waals surface area contributed by atoms with Gasteiger partial charge in [0.2, 0.25) is 0 Å². The first-order chi connectivity index (χ1) is 9.33. The summed E-state index contributed by atoms with van der Waals surface area (Å²) in [5, 5.41) is 3.28. The van der Waals surface area contributed by atoms with Gasteiger partial charge in [-0.25, -0.2) is 0 Å². The molecule has 1 aliphatic rings. The van der Waals surface area contributed by atoms with Crippen molar-refractivity contribution in [2.75, 3.05) is 4.90 Å². The molecule has 0 fully saturated rings. The second-order valence-corrected chi connectivity index (χ2v) is 5.64. The summed E-state index contributed by atoms with van der Waals surface area (Å²) in [6.07, 6.45) is 0. The van der Waals surface area contributed by atoms with Crippen molar-refractivity contribution in [1.82, 2.24) is 0 Å². The van der Waals surface area contributed by atoms with E-state index in [1.54, 1.807) is 11.3 Å². The Balaban J connectivity index is 1.80. The van der Waals surface area contributed by atoms with Crippen LogP contribution in [0, 0.1) is 0 Å². The molecule has 4 rings (SSSR count). The molecule has 0 atom stereocenters. The molecule has 2 nitrogen and oxygen atoms in total. The smallest absolute Gasteiger partial charge is 0.258 e. The first kappa shape index (κ1) is 10.8. The number of anilines is 1. The topological polar surface area (TPSA) is 20.3 Å². The number of thiophene rings is 1. The maximum absolute atomic E-state index is 12.4. The maximum Gasteiger partial charge on any atom is 0.258 e. The van der Waals surface area contributed by atoms with Gasteiger partial charge in [0.05, 0.1) is 6.54 Å². The van der Waals surface area contributed by atoms with Crippen molar-refractivity contribution in [3.05, 3.63) is 65.0 Å². The van der Waals surface area contributed by atoms with Crippen LogP contribution in [0.15, 0.2) is 53.9 Å². The fraction of sp³-hybridized carbons (Fsp3) is 0.0625. The van der Waals surface area contributed by atoms with Crippen LogP contribution in [0.5, 0.6) is 0 Å². The minimum absolute atomic E-state index is 0.102. The minimum atomic E-state index is 0.102. The number of fused-ring (bicyclic) bond motifs is 2. The second-order valence-electron chi connectivity index (χ2n) is 4.69. The molecule has 0 radical (unpaired) electrons. The van der Waals surface area contributed by atoms with E-state index in [1.165, 1.54) is 10.1 Å². The molecule has 3 aromatic rings. The molecule has 0 bridgehead atoms. The van der Waals surface area contributed by atoms with Crippen molar-refractivity contribution >= 4 is 33.0 Å². The molecule has 0 N–H and O–H groups in total. The highest BCUT2D eigenvalue weighted by Crippen LogP contribution is 2.31. The van der Waals surface area contributed by atoms with E-state index in [-0.39, 0.29) is 5.91 Å². The summed E-state index contributed by atoms with van der Waals surface area (Å²) in [6.45, 7) is 0.671. The first-order valence-corrected chi connectivity index (χ1v) is 7.08. The number of benzene rings is 2. The van der Waals surface area contributed by atoms with Gasteiger partial charge in [-0.2, -0.15) is 0 Å². The van der Waals surface area contributed by atoms with Gasteiger partial charge in [-0.3, -0.25) is 4.79 Å². The van der Waals surface area contributed by atoms with Crippen LogP contribution in [0.3, 0.4) is 0 Å². The lowest BCUT2D eigenvalue weighted by atomic mass is 10.1. The first-order valence-electron chi connectivity index (χ1n) is 6.20. The molecule has 0 saturated carbocycles. The molecule has 1 amide bonds. The van der Waals surface area contributed by atoms with Crippen molar-refractivity contribution in [3.63, 3.8) is 0 Å². The van der Waals surface area contributed by atoms with Gasteiger partial charge in [-0.05, 0) is 46.7 Å². The van der Waals surface area contributed by atoms with Gasteiger partial charge in [0.15, 0.2) is 0 Å².